The van der Waals surface area contributed by atoms with Crippen LogP contribution < -0.4 is 10.6 Å². The quantitative estimate of drug-likeness (QED) is 0.780. The smallest absolute Gasteiger partial charge is 0.135 e. The molecule has 1 aliphatic carbocycles. The molecule has 92 valence electrons. The molecule has 0 spiro atoms. The van der Waals surface area contributed by atoms with Crippen LogP contribution in [0.1, 0.15) is 18.4 Å². The fraction of sp³-hybridized carbons (Fsp3) is 0.417. The molecule has 3 nitrogen and oxygen atoms in total. The Balaban J connectivity index is 2.41. The number of hydrogen-bond acceptors (Lipinski definition) is 3. The van der Waals surface area contributed by atoms with Crippen LogP contribution in [0.4, 0.5) is 10.1 Å². The minimum Gasteiger partial charge on any atom is -0.395 e. The molecule has 3 N–H and O–H groups in total. The number of rotatable bonds is 5. The van der Waals surface area contributed by atoms with Gasteiger partial charge in [0.2, 0.25) is 0 Å². The first-order valence-corrected chi connectivity index (χ1v) is 6.01. The van der Waals surface area contributed by atoms with Crippen molar-refractivity contribution in [3.8, 4) is 0 Å². The molecule has 17 heavy (non-hydrogen) atoms. The number of benzene rings is 1. The fourth-order valence-electron chi connectivity index (χ4n) is 1.99. The van der Waals surface area contributed by atoms with Crippen molar-refractivity contribution in [1.82, 2.24) is 0 Å². The zero-order valence-corrected chi connectivity index (χ0v) is 10.2. The molecule has 0 atom stereocenters. The minimum absolute atomic E-state index is 0.0315. The predicted octanol–water partition coefficient (Wildman–Crippen LogP) is 1.42. The van der Waals surface area contributed by atoms with Gasteiger partial charge in [-0.2, -0.15) is 0 Å². The maximum atomic E-state index is 13.7. The summed E-state index contributed by atoms with van der Waals surface area (Å²) < 4.78 is 13.7. The molecule has 0 saturated heterocycles. The van der Waals surface area contributed by atoms with E-state index in [1.807, 2.05) is 4.90 Å². The first-order valence-electron chi connectivity index (χ1n) is 5.61. The molecule has 1 saturated carbocycles. The van der Waals surface area contributed by atoms with Crippen LogP contribution in [-0.2, 0) is 0 Å². The molecule has 0 amide bonds. The van der Waals surface area contributed by atoms with E-state index in [2.05, 4.69) is 0 Å². The van der Waals surface area contributed by atoms with Crippen LogP contribution in [0, 0.1) is 5.82 Å². The van der Waals surface area contributed by atoms with Gasteiger partial charge in [-0.05, 0) is 25.0 Å². The highest BCUT2D eigenvalue weighted by molar-refractivity contribution is 7.80. The van der Waals surface area contributed by atoms with Gasteiger partial charge in [0.1, 0.15) is 10.8 Å². The summed E-state index contributed by atoms with van der Waals surface area (Å²) in [6, 6.07) is 5.16. The molecule has 2 rings (SSSR count). The third kappa shape index (κ3) is 2.56. The third-order valence-electron chi connectivity index (χ3n) is 2.88. The summed E-state index contributed by atoms with van der Waals surface area (Å²) in [6.45, 7) is 0.507. The second-order valence-corrected chi connectivity index (χ2v) is 4.59. The van der Waals surface area contributed by atoms with Gasteiger partial charge in [0.15, 0.2) is 0 Å². The van der Waals surface area contributed by atoms with E-state index in [0.717, 1.165) is 12.8 Å². The van der Waals surface area contributed by atoms with Crippen molar-refractivity contribution in [2.24, 2.45) is 5.73 Å². The van der Waals surface area contributed by atoms with Gasteiger partial charge in [0, 0.05) is 12.6 Å². The summed E-state index contributed by atoms with van der Waals surface area (Å²) in [4.78, 5) is 2.04. The normalized spacial score (nSPS) is 14.7. The summed E-state index contributed by atoms with van der Waals surface area (Å²) >= 11 is 4.90. The molecule has 0 bridgehead atoms. The first kappa shape index (κ1) is 12.3. The van der Waals surface area contributed by atoms with Crippen LogP contribution in [0.15, 0.2) is 18.2 Å². The van der Waals surface area contributed by atoms with Crippen molar-refractivity contribution in [3.63, 3.8) is 0 Å². The molecule has 0 heterocycles. The first-order chi connectivity index (χ1) is 8.15. The second-order valence-electron chi connectivity index (χ2n) is 4.15. The Labute approximate surface area is 105 Å². The van der Waals surface area contributed by atoms with E-state index >= 15 is 0 Å². The highest BCUT2D eigenvalue weighted by Gasteiger charge is 2.31. The van der Waals surface area contributed by atoms with Gasteiger partial charge in [-0.15, -0.1) is 0 Å². The lowest BCUT2D eigenvalue weighted by molar-refractivity contribution is 0.301. The van der Waals surface area contributed by atoms with Gasteiger partial charge >= 0.3 is 0 Å². The second kappa shape index (κ2) is 4.98. The summed E-state index contributed by atoms with van der Waals surface area (Å²) in [6.07, 6.45) is 2.13. The van der Waals surface area contributed by atoms with Crippen molar-refractivity contribution in [3.05, 3.63) is 29.6 Å². The Hall–Kier alpha value is -1.20. The summed E-state index contributed by atoms with van der Waals surface area (Å²) in [5, 5.41) is 9.07. The number of aliphatic hydroxyl groups is 1. The van der Waals surface area contributed by atoms with Crippen molar-refractivity contribution in [2.75, 3.05) is 18.1 Å². The van der Waals surface area contributed by atoms with E-state index in [0.29, 0.717) is 18.3 Å². The molecule has 0 unspecified atom stereocenters. The number of nitrogens with two attached hydrogens (primary N) is 1. The number of aliphatic hydroxyl groups excluding tert-OH is 1. The van der Waals surface area contributed by atoms with Crippen molar-refractivity contribution in [1.29, 1.82) is 0 Å². The zero-order valence-electron chi connectivity index (χ0n) is 9.40. The molecular weight excluding hydrogens is 239 g/mol. The van der Waals surface area contributed by atoms with Gasteiger partial charge in [-0.25, -0.2) is 4.39 Å². The lowest BCUT2D eigenvalue weighted by Gasteiger charge is -2.26. The van der Waals surface area contributed by atoms with Crippen molar-refractivity contribution >= 4 is 22.9 Å². The largest absolute Gasteiger partial charge is 0.395 e. The van der Waals surface area contributed by atoms with Crippen molar-refractivity contribution < 1.29 is 9.50 Å². The molecule has 1 fully saturated rings. The average molecular weight is 254 g/mol. The molecule has 1 aliphatic rings. The number of hydrogen-bond donors (Lipinski definition) is 2. The van der Waals surface area contributed by atoms with Crippen LogP contribution in [0.5, 0.6) is 0 Å². The van der Waals surface area contributed by atoms with Crippen LogP contribution in [0.3, 0.4) is 0 Å². The predicted molar refractivity (Wildman–Crippen MR) is 69.7 cm³/mol. The monoisotopic (exact) mass is 254 g/mol. The van der Waals surface area contributed by atoms with Crippen LogP contribution in [-0.4, -0.2) is 29.3 Å². The number of nitrogens with zero attached hydrogens (tertiary/aromatic N) is 1. The van der Waals surface area contributed by atoms with Crippen LogP contribution >= 0.6 is 12.2 Å². The molecule has 0 aliphatic heterocycles. The van der Waals surface area contributed by atoms with Gasteiger partial charge in [-0.1, -0.05) is 18.3 Å². The fourth-order valence-corrected chi connectivity index (χ4v) is 2.19. The summed E-state index contributed by atoms with van der Waals surface area (Å²) in [5.74, 6) is -0.404. The molecule has 5 heteroatoms. The molecule has 1 aromatic carbocycles. The third-order valence-corrected chi connectivity index (χ3v) is 3.08. The van der Waals surface area contributed by atoms with Gasteiger partial charge in [0.05, 0.1) is 17.9 Å². The van der Waals surface area contributed by atoms with Crippen LogP contribution in [0.2, 0.25) is 0 Å². The topological polar surface area (TPSA) is 49.5 Å². The Morgan fingerprint density at radius 1 is 1.53 bits per heavy atom. The minimum atomic E-state index is -0.404. The molecule has 0 aromatic heterocycles. The van der Waals surface area contributed by atoms with E-state index in [9.17, 15) is 4.39 Å². The maximum Gasteiger partial charge on any atom is 0.135 e. The highest BCUT2D eigenvalue weighted by Crippen LogP contribution is 2.34. The van der Waals surface area contributed by atoms with E-state index in [4.69, 9.17) is 23.1 Å². The Morgan fingerprint density at radius 3 is 2.76 bits per heavy atom. The summed E-state index contributed by atoms with van der Waals surface area (Å²) in [7, 11) is 0. The highest BCUT2D eigenvalue weighted by atomic mass is 32.1. The SMILES string of the molecule is NC(=S)c1c(F)cccc1N(CCO)C1CC1. The van der Waals surface area contributed by atoms with E-state index in [-0.39, 0.29) is 17.2 Å². The maximum absolute atomic E-state index is 13.7. The lowest BCUT2D eigenvalue weighted by Crippen LogP contribution is -2.31. The van der Waals surface area contributed by atoms with Crippen molar-refractivity contribution in [2.45, 2.75) is 18.9 Å². The standard InChI is InChI=1S/C12H15FN2OS/c13-9-2-1-3-10(11(9)12(14)17)15(6-7-16)8-4-5-8/h1-3,8,16H,4-7H2,(H2,14,17). The Morgan fingerprint density at radius 2 is 2.24 bits per heavy atom. The molecule has 1 aromatic rings. The number of anilines is 1. The Kier molecular flexibility index (Phi) is 3.59. The Bertz CT molecular complexity index is 435. The molecular formula is C12H15FN2OS. The van der Waals surface area contributed by atoms with E-state index in [1.54, 1.807) is 12.1 Å². The average Bonchev–Trinajstić information content (AvgIpc) is 3.08. The van der Waals surface area contributed by atoms with Gasteiger partial charge in [-0.3, -0.25) is 0 Å². The van der Waals surface area contributed by atoms with Gasteiger partial charge in [0.25, 0.3) is 0 Å². The zero-order chi connectivity index (χ0) is 12.4. The van der Waals surface area contributed by atoms with E-state index < -0.39 is 5.82 Å². The number of thiocarbonyl (C=S) groups is 1. The molecule has 0 radical (unpaired) electrons. The van der Waals surface area contributed by atoms with E-state index in [1.165, 1.54) is 6.07 Å². The van der Waals surface area contributed by atoms with Gasteiger partial charge < -0.3 is 15.7 Å². The summed E-state index contributed by atoms with van der Waals surface area (Å²) in [5.41, 5.74) is 6.54. The lowest BCUT2D eigenvalue weighted by atomic mass is 10.1. The number of halogens is 1. The van der Waals surface area contributed by atoms with Crippen LogP contribution in [0.25, 0.3) is 0 Å².